The number of rotatable bonds is 4. The summed E-state index contributed by atoms with van der Waals surface area (Å²) in [6.07, 6.45) is 0.262. The fraction of sp³-hybridized carbons (Fsp3) is 0.0556. The van der Waals surface area contributed by atoms with Crippen LogP contribution in [0.2, 0.25) is 0 Å². The fourth-order valence-corrected chi connectivity index (χ4v) is 3.33. The molecule has 1 amide bonds. The molecule has 0 radical (unpaired) electrons. The number of carbonyl (C=O) groups is 1. The van der Waals surface area contributed by atoms with Gasteiger partial charge in [0.25, 0.3) is 0 Å². The molecule has 4 rings (SSSR count). The van der Waals surface area contributed by atoms with E-state index in [1.54, 1.807) is 16.6 Å². The van der Waals surface area contributed by atoms with Gasteiger partial charge in [-0.3, -0.25) is 10.1 Å². The molecule has 2 aromatic carbocycles. The zero-order valence-corrected chi connectivity index (χ0v) is 13.8. The number of amides is 1. The van der Waals surface area contributed by atoms with E-state index in [0.717, 1.165) is 16.8 Å². The number of anilines is 1. The summed E-state index contributed by atoms with van der Waals surface area (Å²) < 4.78 is 14.7. The minimum atomic E-state index is -0.289. The maximum Gasteiger partial charge on any atom is 0.250 e. The van der Waals surface area contributed by atoms with Crippen LogP contribution in [0.3, 0.4) is 0 Å². The molecular weight excluding hydrogens is 339 g/mol. The van der Waals surface area contributed by atoms with Crippen LogP contribution in [0.25, 0.3) is 16.2 Å². The summed E-state index contributed by atoms with van der Waals surface area (Å²) in [5, 5.41) is 8.96. The quantitative estimate of drug-likeness (QED) is 0.608. The Balaban J connectivity index is 1.55. The van der Waals surface area contributed by atoms with E-state index < -0.39 is 0 Å². The second-order valence-electron chi connectivity index (χ2n) is 5.47. The van der Waals surface area contributed by atoms with Gasteiger partial charge < -0.3 is 0 Å². The van der Waals surface area contributed by atoms with E-state index in [2.05, 4.69) is 15.4 Å². The second kappa shape index (κ2) is 6.45. The minimum Gasteiger partial charge on any atom is -0.293 e. The molecule has 0 saturated carbocycles. The van der Waals surface area contributed by atoms with Gasteiger partial charge in [0.15, 0.2) is 0 Å². The maximum atomic E-state index is 13.1. The van der Waals surface area contributed by atoms with Crippen LogP contribution in [-0.4, -0.2) is 20.5 Å². The highest BCUT2D eigenvalue weighted by atomic mass is 32.1. The number of carbonyl (C=O) groups excluding carboxylic acids is 1. The standard InChI is InChI=1S/C18H13FN4OS/c19-14-8-6-13(7-9-14)15-11-25-18-21-17(22-23(15)18)20-16(24)10-12-4-2-1-3-5-12/h1-9,11H,10H2,(H,20,22,24). The lowest BCUT2D eigenvalue weighted by atomic mass is 10.1. The number of halogens is 1. The summed E-state index contributed by atoms with van der Waals surface area (Å²) in [5.41, 5.74) is 2.56. The molecule has 0 atom stereocenters. The third kappa shape index (κ3) is 3.27. The molecule has 0 aliphatic rings. The molecule has 7 heteroatoms. The first-order valence-electron chi connectivity index (χ1n) is 7.63. The van der Waals surface area contributed by atoms with E-state index in [4.69, 9.17) is 0 Å². The number of nitrogens with one attached hydrogen (secondary N) is 1. The van der Waals surface area contributed by atoms with Gasteiger partial charge in [-0.2, -0.15) is 4.98 Å². The van der Waals surface area contributed by atoms with Crippen LogP contribution in [0.15, 0.2) is 60.0 Å². The van der Waals surface area contributed by atoms with E-state index in [-0.39, 0.29) is 24.1 Å². The van der Waals surface area contributed by atoms with Crippen LogP contribution in [0.4, 0.5) is 10.3 Å². The fourth-order valence-electron chi connectivity index (χ4n) is 2.50. The predicted octanol–water partition coefficient (Wildman–Crippen LogP) is 3.78. The van der Waals surface area contributed by atoms with E-state index in [0.29, 0.717) is 4.96 Å². The van der Waals surface area contributed by atoms with Crippen molar-refractivity contribution in [3.05, 3.63) is 71.4 Å². The van der Waals surface area contributed by atoms with Gasteiger partial charge in [0.05, 0.1) is 12.1 Å². The predicted molar refractivity (Wildman–Crippen MR) is 95.0 cm³/mol. The first-order valence-corrected chi connectivity index (χ1v) is 8.51. The lowest BCUT2D eigenvalue weighted by Gasteiger charge is -2.01. The average molecular weight is 352 g/mol. The highest BCUT2D eigenvalue weighted by Gasteiger charge is 2.13. The summed E-state index contributed by atoms with van der Waals surface area (Å²) >= 11 is 1.41. The highest BCUT2D eigenvalue weighted by Crippen LogP contribution is 2.26. The van der Waals surface area contributed by atoms with Gasteiger partial charge in [-0.25, -0.2) is 8.91 Å². The number of thiazole rings is 1. The first-order chi connectivity index (χ1) is 12.2. The number of benzene rings is 2. The molecule has 0 fully saturated rings. The SMILES string of the molecule is O=C(Cc1ccccc1)Nc1nc2scc(-c3ccc(F)cc3)n2n1. The smallest absolute Gasteiger partial charge is 0.250 e. The van der Waals surface area contributed by atoms with E-state index in [9.17, 15) is 9.18 Å². The summed E-state index contributed by atoms with van der Waals surface area (Å²) in [6, 6.07) is 15.7. The molecule has 0 aliphatic carbocycles. The van der Waals surface area contributed by atoms with Crippen molar-refractivity contribution >= 4 is 28.2 Å². The Morgan fingerprint density at radius 1 is 1.12 bits per heavy atom. The van der Waals surface area contributed by atoms with E-state index >= 15 is 0 Å². The van der Waals surface area contributed by atoms with Crippen LogP contribution < -0.4 is 5.32 Å². The van der Waals surface area contributed by atoms with E-state index in [1.165, 1.54) is 23.5 Å². The van der Waals surface area contributed by atoms with Crippen molar-refractivity contribution in [2.24, 2.45) is 0 Å². The molecule has 0 saturated heterocycles. The third-order valence-corrected chi connectivity index (χ3v) is 4.50. The van der Waals surface area contributed by atoms with Crippen molar-refractivity contribution in [1.29, 1.82) is 0 Å². The monoisotopic (exact) mass is 352 g/mol. The van der Waals surface area contributed by atoms with Crippen LogP contribution in [0.5, 0.6) is 0 Å². The molecule has 4 aromatic rings. The Hall–Kier alpha value is -3.06. The lowest BCUT2D eigenvalue weighted by Crippen LogP contribution is -2.15. The van der Waals surface area contributed by atoms with Crippen LogP contribution >= 0.6 is 11.3 Å². The zero-order chi connectivity index (χ0) is 17.2. The molecule has 0 bridgehead atoms. The number of fused-ring (bicyclic) bond motifs is 1. The molecule has 124 valence electrons. The zero-order valence-electron chi connectivity index (χ0n) is 13.0. The van der Waals surface area contributed by atoms with Crippen molar-refractivity contribution in [2.75, 3.05) is 5.32 Å². The molecular formula is C18H13FN4OS. The van der Waals surface area contributed by atoms with Crippen LogP contribution in [-0.2, 0) is 11.2 Å². The molecule has 0 unspecified atom stereocenters. The van der Waals surface area contributed by atoms with Gasteiger partial charge in [0.1, 0.15) is 5.82 Å². The van der Waals surface area contributed by atoms with Gasteiger partial charge in [0.2, 0.25) is 16.8 Å². The first kappa shape index (κ1) is 15.5. The topological polar surface area (TPSA) is 59.3 Å². The number of aromatic nitrogens is 3. The third-order valence-electron chi connectivity index (χ3n) is 3.68. The van der Waals surface area contributed by atoms with Gasteiger partial charge in [0, 0.05) is 10.9 Å². The molecule has 1 N–H and O–H groups in total. The Bertz CT molecular complexity index is 1020. The number of nitrogens with zero attached hydrogens (tertiary/aromatic N) is 3. The van der Waals surface area contributed by atoms with Crippen molar-refractivity contribution in [3.63, 3.8) is 0 Å². The van der Waals surface area contributed by atoms with Crippen LogP contribution in [0.1, 0.15) is 5.56 Å². The van der Waals surface area contributed by atoms with Gasteiger partial charge in [-0.1, -0.05) is 30.3 Å². The molecule has 0 aliphatic heterocycles. The average Bonchev–Trinajstić information content (AvgIpc) is 3.16. The van der Waals surface area contributed by atoms with Crippen LogP contribution in [0, 0.1) is 5.82 Å². The summed E-state index contributed by atoms with van der Waals surface area (Å²) in [5.74, 6) is -0.202. The Kier molecular flexibility index (Phi) is 3.99. The van der Waals surface area contributed by atoms with Gasteiger partial charge >= 0.3 is 0 Å². The summed E-state index contributed by atoms with van der Waals surface area (Å²) in [7, 11) is 0. The second-order valence-corrected chi connectivity index (χ2v) is 6.30. The van der Waals surface area contributed by atoms with Crippen molar-refractivity contribution in [1.82, 2.24) is 14.6 Å². The molecule has 0 spiro atoms. The Morgan fingerprint density at radius 2 is 1.88 bits per heavy atom. The molecule has 2 heterocycles. The summed E-state index contributed by atoms with van der Waals surface area (Å²) in [6.45, 7) is 0. The van der Waals surface area contributed by atoms with Gasteiger partial charge in [-0.15, -0.1) is 16.4 Å². The highest BCUT2D eigenvalue weighted by molar-refractivity contribution is 7.15. The van der Waals surface area contributed by atoms with Crippen molar-refractivity contribution in [3.8, 4) is 11.3 Å². The molecule has 2 aromatic heterocycles. The van der Waals surface area contributed by atoms with Gasteiger partial charge in [-0.05, 0) is 29.8 Å². The normalized spacial score (nSPS) is 10.9. The number of hydrogen-bond donors (Lipinski definition) is 1. The minimum absolute atomic E-state index is 0.173. The maximum absolute atomic E-state index is 13.1. The Morgan fingerprint density at radius 3 is 2.64 bits per heavy atom. The van der Waals surface area contributed by atoms with Crippen molar-refractivity contribution < 1.29 is 9.18 Å². The summed E-state index contributed by atoms with van der Waals surface area (Å²) in [4.78, 5) is 17.1. The van der Waals surface area contributed by atoms with Crippen molar-refractivity contribution in [2.45, 2.75) is 6.42 Å². The molecule has 5 nitrogen and oxygen atoms in total. The molecule has 25 heavy (non-hydrogen) atoms. The largest absolute Gasteiger partial charge is 0.293 e. The van der Waals surface area contributed by atoms with E-state index in [1.807, 2.05) is 35.7 Å². The lowest BCUT2D eigenvalue weighted by molar-refractivity contribution is -0.115. The Labute approximate surface area is 146 Å². The number of hydrogen-bond acceptors (Lipinski definition) is 4.